The molecule has 0 saturated heterocycles. The highest BCUT2D eigenvalue weighted by Gasteiger charge is 2.35. The molecule has 4 nitrogen and oxygen atoms in total. The molecule has 1 rings (SSSR count). The van der Waals surface area contributed by atoms with Crippen molar-refractivity contribution in [2.24, 2.45) is 11.1 Å². The van der Waals surface area contributed by atoms with E-state index in [1.165, 1.54) is 0 Å². The molecule has 0 aliphatic rings. The van der Waals surface area contributed by atoms with Crippen LogP contribution < -0.4 is 10.5 Å². The van der Waals surface area contributed by atoms with Gasteiger partial charge in [0.25, 0.3) is 0 Å². The summed E-state index contributed by atoms with van der Waals surface area (Å²) in [5, 5.41) is 0. The van der Waals surface area contributed by atoms with Crippen LogP contribution in [0.4, 0.5) is 0 Å². The number of methoxy groups -OCH3 is 1. The molecule has 0 saturated carbocycles. The van der Waals surface area contributed by atoms with Gasteiger partial charge < -0.3 is 15.2 Å². The molecule has 0 heterocycles. The second-order valence-electron chi connectivity index (χ2n) is 5.10. The first-order chi connectivity index (χ1) is 8.91. The standard InChI is InChI=1S/C15H23NO3/c1-5-19-14(17)15(2,3)13(16)10-11-7-6-8-12(9-11)18-4/h6-9,13H,5,10,16H2,1-4H3/t13-/m1/s1. The number of hydrogen-bond acceptors (Lipinski definition) is 4. The average molecular weight is 265 g/mol. The number of benzene rings is 1. The SMILES string of the molecule is CCOC(=O)C(C)(C)[C@H](N)Cc1cccc(OC)c1. The lowest BCUT2D eigenvalue weighted by atomic mass is 9.81. The molecular weight excluding hydrogens is 242 g/mol. The molecule has 0 amide bonds. The fourth-order valence-corrected chi connectivity index (χ4v) is 1.78. The number of rotatable bonds is 6. The molecule has 4 heteroatoms. The lowest BCUT2D eigenvalue weighted by Gasteiger charge is -2.29. The number of nitrogens with two attached hydrogens (primary N) is 1. The van der Waals surface area contributed by atoms with Crippen molar-refractivity contribution in [1.29, 1.82) is 0 Å². The normalized spacial score (nSPS) is 12.9. The molecule has 0 aliphatic carbocycles. The Kier molecular flexibility index (Phi) is 5.36. The first kappa shape index (κ1) is 15.5. The molecule has 1 atom stereocenters. The Labute approximate surface area is 114 Å². The lowest BCUT2D eigenvalue weighted by Crippen LogP contribution is -2.45. The zero-order valence-electron chi connectivity index (χ0n) is 12.1. The van der Waals surface area contributed by atoms with Crippen LogP contribution in [-0.2, 0) is 16.0 Å². The minimum Gasteiger partial charge on any atom is -0.497 e. The van der Waals surface area contributed by atoms with Gasteiger partial charge in [-0.1, -0.05) is 12.1 Å². The highest BCUT2D eigenvalue weighted by molar-refractivity contribution is 5.76. The van der Waals surface area contributed by atoms with E-state index in [-0.39, 0.29) is 12.0 Å². The van der Waals surface area contributed by atoms with Crippen LogP contribution in [0.5, 0.6) is 5.75 Å². The summed E-state index contributed by atoms with van der Waals surface area (Å²) in [7, 11) is 1.63. The molecule has 0 unspecified atom stereocenters. The van der Waals surface area contributed by atoms with Crippen molar-refractivity contribution in [3.05, 3.63) is 29.8 Å². The fourth-order valence-electron chi connectivity index (χ4n) is 1.78. The van der Waals surface area contributed by atoms with Crippen LogP contribution >= 0.6 is 0 Å². The molecule has 0 aliphatic heterocycles. The van der Waals surface area contributed by atoms with Gasteiger partial charge in [-0.15, -0.1) is 0 Å². The summed E-state index contributed by atoms with van der Waals surface area (Å²) < 4.78 is 10.2. The predicted octanol–water partition coefficient (Wildman–Crippen LogP) is 2.15. The first-order valence-corrected chi connectivity index (χ1v) is 6.47. The Morgan fingerprint density at radius 2 is 2.11 bits per heavy atom. The van der Waals surface area contributed by atoms with E-state index in [2.05, 4.69) is 0 Å². The van der Waals surface area contributed by atoms with Crippen LogP contribution in [0.15, 0.2) is 24.3 Å². The number of carbonyl (C=O) groups excluding carboxylic acids is 1. The minimum atomic E-state index is -0.709. The largest absolute Gasteiger partial charge is 0.497 e. The van der Waals surface area contributed by atoms with Gasteiger partial charge >= 0.3 is 5.97 Å². The average Bonchev–Trinajstić information content (AvgIpc) is 2.39. The van der Waals surface area contributed by atoms with Gasteiger partial charge in [0.05, 0.1) is 19.1 Å². The summed E-state index contributed by atoms with van der Waals surface area (Å²) in [4.78, 5) is 11.9. The third-order valence-electron chi connectivity index (χ3n) is 3.32. The van der Waals surface area contributed by atoms with Crippen molar-refractivity contribution >= 4 is 5.97 Å². The lowest BCUT2D eigenvalue weighted by molar-refractivity contribution is -0.154. The molecule has 0 radical (unpaired) electrons. The number of esters is 1. The topological polar surface area (TPSA) is 61.5 Å². The van der Waals surface area contributed by atoms with Gasteiger partial charge in [0, 0.05) is 6.04 Å². The quantitative estimate of drug-likeness (QED) is 0.801. The predicted molar refractivity (Wildman–Crippen MR) is 75.1 cm³/mol. The molecule has 106 valence electrons. The Balaban J connectivity index is 2.77. The minimum absolute atomic E-state index is 0.259. The van der Waals surface area contributed by atoms with Crippen molar-refractivity contribution in [3.8, 4) is 5.75 Å². The summed E-state index contributed by atoms with van der Waals surface area (Å²) in [6, 6.07) is 7.40. The molecule has 0 aromatic heterocycles. The zero-order valence-corrected chi connectivity index (χ0v) is 12.1. The fraction of sp³-hybridized carbons (Fsp3) is 0.533. The van der Waals surface area contributed by atoms with Crippen LogP contribution in [0.3, 0.4) is 0 Å². The van der Waals surface area contributed by atoms with Crippen LogP contribution in [0.25, 0.3) is 0 Å². The molecule has 1 aromatic rings. The maximum Gasteiger partial charge on any atom is 0.313 e. The van der Waals surface area contributed by atoms with Gasteiger partial charge in [0.15, 0.2) is 0 Å². The van der Waals surface area contributed by atoms with Crippen molar-refractivity contribution in [2.45, 2.75) is 33.2 Å². The zero-order chi connectivity index (χ0) is 14.5. The van der Waals surface area contributed by atoms with Gasteiger partial charge in [0.1, 0.15) is 5.75 Å². The van der Waals surface area contributed by atoms with E-state index in [1.807, 2.05) is 38.1 Å². The van der Waals surface area contributed by atoms with E-state index in [0.29, 0.717) is 13.0 Å². The van der Waals surface area contributed by atoms with Crippen LogP contribution in [0.1, 0.15) is 26.3 Å². The van der Waals surface area contributed by atoms with E-state index >= 15 is 0 Å². The third kappa shape index (κ3) is 3.96. The number of ether oxygens (including phenoxy) is 2. The van der Waals surface area contributed by atoms with E-state index in [9.17, 15) is 4.79 Å². The molecule has 0 spiro atoms. The molecule has 19 heavy (non-hydrogen) atoms. The van der Waals surface area contributed by atoms with Crippen LogP contribution in [0, 0.1) is 5.41 Å². The third-order valence-corrected chi connectivity index (χ3v) is 3.32. The first-order valence-electron chi connectivity index (χ1n) is 6.47. The Morgan fingerprint density at radius 1 is 1.42 bits per heavy atom. The second kappa shape index (κ2) is 6.57. The van der Waals surface area contributed by atoms with Gasteiger partial charge in [-0.3, -0.25) is 4.79 Å². The Bertz CT molecular complexity index is 429. The monoisotopic (exact) mass is 265 g/mol. The van der Waals surface area contributed by atoms with Crippen molar-refractivity contribution in [1.82, 2.24) is 0 Å². The summed E-state index contributed by atoms with van der Waals surface area (Å²) in [6.07, 6.45) is 0.600. The molecule has 0 bridgehead atoms. The number of carbonyl (C=O) groups is 1. The Hall–Kier alpha value is -1.55. The van der Waals surface area contributed by atoms with Gasteiger partial charge in [-0.05, 0) is 44.9 Å². The highest BCUT2D eigenvalue weighted by Crippen LogP contribution is 2.25. The van der Waals surface area contributed by atoms with E-state index in [1.54, 1.807) is 14.0 Å². The molecule has 0 fully saturated rings. The number of hydrogen-bond donors (Lipinski definition) is 1. The molecule has 1 aromatic carbocycles. The van der Waals surface area contributed by atoms with E-state index in [4.69, 9.17) is 15.2 Å². The van der Waals surface area contributed by atoms with Gasteiger partial charge in [0.2, 0.25) is 0 Å². The van der Waals surface area contributed by atoms with Gasteiger partial charge in [-0.2, -0.15) is 0 Å². The maximum atomic E-state index is 11.9. The van der Waals surface area contributed by atoms with E-state index in [0.717, 1.165) is 11.3 Å². The maximum absolute atomic E-state index is 11.9. The van der Waals surface area contributed by atoms with Crippen molar-refractivity contribution in [3.63, 3.8) is 0 Å². The highest BCUT2D eigenvalue weighted by atomic mass is 16.5. The van der Waals surface area contributed by atoms with E-state index < -0.39 is 5.41 Å². The summed E-state index contributed by atoms with van der Waals surface area (Å²) in [6.45, 7) is 5.79. The molecular formula is C15H23NO3. The van der Waals surface area contributed by atoms with Gasteiger partial charge in [-0.25, -0.2) is 0 Å². The Morgan fingerprint density at radius 3 is 2.68 bits per heavy atom. The summed E-state index contributed by atoms with van der Waals surface area (Å²) in [5.74, 6) is 0.532. The van der Waals surface area contributed by atoms with Crippen molar-refractivity contribution < 1.29 is 14.3 Å². The van der Waals surface area contributed by atoms with Crippen LogP contribution in [0.2, 0.25) is 0 Å². The second-order valence-corrected chi connectivity index (χ2v) is 5.10. The molecule has 2 N–H and O–H groups in total. The summed E-state index contributed by atoms with van der Waals surface area (Å²) in [5.41, 5.74) is 6.50. The smallest absolute Gasteiger partial charge is 0.313 e. The summed E-state index contributed by atoms with van der Waals surface area (Å²) >= 11 is 0. The van der Waals surface area contributed by atoms with Crippen LogP contribution in [-0.4, -0.2) is 25.7 Å². The van der Waals surface area contributed by atoms with Crippen molar-refractivity contribution in [2.75, 3.05) is 13.7 Å².